The Balaban J connectivity index is 1.46. The molecule has 0 spiro atoms. The summed E-state index contributed by atoms with van der Waals surface area (Å²) < 4.78 is 5.87. The van der Waals surface area contributed by atoms with Gasteiger partial charge in [0.05, 0.1) is 19.3 Å². The fourth-order valence-corrected chi connectivity index (χ4v) is 11.9. The monoisotopic (exact) mass is 529 g/mol. The highest BCUT2D eigenvalue weighted by Crippen LogP contribution is 2.77. The topological polar surface area (TPSA) is 78.8 Å². The largest absolute Gasteiger partial charge is 0.449 e. The average Bonchev–Trinajstić information content (AvgIpc) is 3.25. The van der Waals surface area contributed by atoms with Crippen LogP contribution in [0.25, 0.3) is 0 Å². The molecule has 5 fully saturated rings. The van der Waals surface area contributed by atoms with Crippen LogP contribution in [0.15, 0.2) is 12.2 Å². The van der Waals surface area contributed by atoms with E-state index in [1.807, 2.05) is 0 Å². The Hall–Kier alpha value is -1.07. The summed E-state index contributed by atoms with van der Waals surface area (Å²) in [5.74, 6) is 2.91. The number of fused-ring (bicyclic) bond motifs is 7. The maximum absolute atomic E-state index is 12.4. The number of rotatable bonds is 5. The van der Waals surface area contributed by atoms with E-state index in [1.54, 1.807) is 0 Å². The zero-order valence-corrected chi connectivity index (χ0v) is 25.1. The predicted octanol–water partition coefficient (Wildman–Crippen LogP) is 6.72. The molecule has 5 rings (SSSR count). The van der Waals surface area contributed by atoms with Gasteiger partial charge in [-0.1, -0.05) is 46.8 Å². The zero-order valence-electron chi connectivity index (χ0n) is 25.1. The van der Waals surface area contributed by atoms with Crippen LogP contribution in [-0.4, -0.2) is 42.2 Å². The first-order valence-corrected chi connectivity index (χ1v) is 15.6. The molecule has 3 N–H and O–H groups in total. The molecule has 2 unspecified atom stereocenters. The normalized spacial score (nSPS) is 49.2. The van der Waals surface area contributed by atoms with Gasteiger partial charge in [-0.25, -0.2) is 4.79 Å². The van der Waals surface area contributed by atoms with Gasteiger partial charge in [0.15, 0.2) is 0 Å². The van der Waals surface area contributed by atoms with Crippen LogP contribution in [0.1, 0.15) is 106 Å². The summed E-state index contributed by atoms with van der Waals surface area (Å²) in [5.41, 5.74) is 2.15. The third kappa shape index (κ3) is 3.87. The third-order valence-electron chi connectivity index (χ3n) is 14.1. The van der Waals surface area contributed by atoms with E-state index >= 15 is 0 Å². The van der Waals surface area contributed by atoms with Crippen molar-refractivity contribution in [2.24, 2.45) is 56.7 Å². The molecule has 38 heavy (non-hydrogen) atoms. The molecule has 5 aliphatic carbocycles. The second-order valence-corrected chi connectivity index (χ2v) is 15.7. The minimum atomic E-state index is -0.400. The number of carbonyl (C=O) groups excluding carboxylic acids is 1. The summed E-state index contributed by atoms with van der Waals surface area (Å²) in [4.78, 5) is 12.4. The lowest BCUT2D eigenvalue weighted by Gasteiger charge is -2.73. The molecular formula is C33H55NO4. The predicted molar refractivity (Wildman–Crippen MR) is 151 cm³/mol. The van der Waals surface area contributed by atoms with Gasteiger partial charge in [0.2, 0.25) is 0 Å². The maximum Gasteiger partial charge on any atom is 0.407 e. The molecule has 0 radical (unpaired) electrons. The van der Waals surface area contributed by atoms with Crippen LogP contribution in [-0.2, 0) is 4.74 Å². The van der Waals surface area contributed by atoms with Crippen molar-refractivity contribution in [2.75, 3.05) is 19.8 Å². The SMILES string of the molecule is C=C(C)[C@@H]1CCC2(COC(=O)NCCO)CC[C@]3(C)[C@H](CC[C@@H]4C5(C)CC[C@H](O)C(C)(C)[C@@H]5CC[C@]43C)[C@@H]12. The fraction of sp³-hybridized carbons (Fsp3) is 0.909. The third-order valence-corrected chi connectivity index (χ3v) is 14.1. The van der Waals surface area contributed by atoms with E-state index in [0.717, 1.165) is 32.1 Å². The van der Waals surface area contributed by atoms with Crippen molar-refractivity contribution in [2.45, 2.75) is 112 Å². The minimum absolute atomic E-state index is 0.0156. The first-order chi connectivity index (χ1) is 17.8. The van der Waals surface area contributed by atoms with Crippen molar-refractivity contribution < 1.29 is 19.7 Å². The van der Waals surface area contributed by atoms with Crippen LogP contribution < -0.4 is 5.32 Å². The number of carbonyl (C=O) groups is 1. The summed E-state index contributed by atoms with van der Waals surface area (Å²) in [7, 11) is 0. The van der Waals surface area contributed by atoms with Crippen molar-refractivity contribution in [1.82, 2.24) is 5.32 Å². The van der Waals surface area contributed by atoms with E-state index in [9.17, 15) is 9.90 Å². The highest BCUT2D eigenvalue weighted by molar-refractivity contribution is 5.67. The minimum Gasteiger partial charge on any atom is -0.449 e. The van der Waals surface area contributed by atoms with E-state index < -0.39 is 6.09 Å². The summed E-state index contributed by atoms with van der Waals surface area (Å²) in [5, 5.41) is 22.8. The lowest BCUT2D eigenvalue weighted by atomic mass is 9.32. The molecule has 0 heterocycles. The Labute approximate surface area is 231 Å². The molecule has 0 saturated heterocycles. The summed E-state index contributed by atoms with van der Waals surface area (Å²) >= 11 is 0. The first-order valence-electron chi connectivity index (χ1n) is 15.6. The molecule has 5 nitrogen and oxygen atoms in total. The number of hydrogen-bond donors (Lipinski definition) is 3. The van der Waals surface area contributed by atoms with Gasteiger partial charge in [0, 0.05) is 12.0 Å². The van der Waals surface area contributed by atoms with E-state index in [4.69, 9.17) is 9.84 Å². The highest BCUT2D eigenvalue weighted by Gasteiger charge is 2.70. The molecule has 0 aromatic carbocycles. The van der Waals surface area contributed by atoms with Gasteiger partial charge in [-0.15, -0.1) is 0 Å². The van der Waals surface area contributed by atoms with Crippen molar-refractivity contribution in [1.29, 1.82) is 0 Å². The number of aliphatic hydroxyl groups is 2. The molecule has 0 bridgehead atoms. The van der Waals surface area contributed by atoms with Crippen LogP contribution in [0, 0.1) is 56.7 Å². The number of amides is 1. The molecule has 0 aromatic rings. The molecule has 5 aliphatic rings. The second-order valence-electron chi connectivity index (χ2n) is 15.7. The van der Waals surface area contributed by atoms with Crippen LogP contribution in [0.5, 0.6) is 0 Å². The number of ether oxygens (including phenoxy) is 1. The van der Waals surface area contributed by atoms with Crippen LogP contribution >= 0.6 is 0 Å². The smallest absolute Gasteiger partial charge is 0.407 e. The number of alkyl carbamates (subject to hydrolysis) is 1. The lowest BCUT2D eigenvalue weighted by Crippen LogP contribution is -2.66. The van der Waals surface area contributed by atoms with Gasteiger partial charge in [-0.3, -0.25) is 0 Å². The molecule has 216 valence electrons. The Kier molecular flexibility index (Phi) is 7.11. The van der Waals surface area contributed by atoms with E-state index in [2.05, 4.69) is 53.4 Å². The molecule has 0 aromatic heterocycles. The van der Waals surface area contributed by atoms with Gasteiger partial charge >= 0.3 is 6.09 Å². The highest BCUT2D eigenvalue weighted by atomic mass is 16.5. The van der Waals surface area contributed by atoms with Crippen molar-refractivity contribution in [3.05, 3.63) is 12.2 Å². The lowest BCUT2D eigenvalue weighted by molar-refractivity contribution is -0.249. The van der Waals surface area contributed by atoms with Gasteiger partial charge in [0.1, 0.15) is 0 Å². The molecule has 10 atom stereocenters. The Bertz CT molecular complexity index is 947. The zero-order chi connectivity index (χ0) is 27.7. The number of nitrogens with one attached hydrogen (secondary N) is 1. The van der Waals surface area contributed by atoms with E-state index in [0.29, 0.717) is 36.2 Å². The second kappa shape index (κ2) is 9.50. The molecule has 5 heteroatoms. The Morgan fingerprint density at radius 1 is 0.921 bits per heavy atom. The van der Waals surface area contributed by atoms with Crippen molar-refractivity contribution >= 4 is 6.09 Å². The Morgan fingerprint density at radius 2 is 1.66 bits per heavy atom. The average molecular weight is 530 g/mol. The van der Waals surface area contributed by atoms with Crippen LogP contribution in [0.4, 0.5) is 4.79 Å². The Morgan fingerprint density at radius 3 is 2.34 bits per heavy atom. The maximum atomic E-state index is 12.4. The summed E-state index contributed by atoms with van der Waals surface area (Å²) in [6.45, 7) is 19.9. The molecule has 0 aliphatic heterocycles. The van der Waals surface area contributed by atoms with Crippen molar-refractivity contribution in [3.63, 3.8) is 0 Å². The quantitative estimate of drug-likeness (QED) is 0.345. The standard InChI is InChI=1S/C33H55NO4/c1-21(2)22-10-15-33(20-38-28(37)34-18-19-35)17-16-31(6)23(27(22)33)8-9-25-30(5)13-12-26(36)29(3,4)24(30)11-14-32(25,31)7/h22-27,35-36H,1,8-20H2,2-7H3,(H,34,37)/t22-,23+,24-,25+,26-,27+,30?,31+,32+,33?/m0/s1. The van der Waals surface area contributed by atoms with Crippen LogP contribution in [0.2, 0.25) is 0 Å². The fourth-order valence-electron chi connectivity index (χ4n) is 11.9. The number of hydrogen-bond acceptors (Lipinski definition) is 4. The molecule has 1 amide bonds. The molecule has 5 saturated carbocycles. The summed E-state index contributed by atoms with van der Waals surface area (Å²) in [6, 6.07) is 0. The van der Waals surface area contributed by atoms with Gasteiger partial charge < -0.3 is 20.3 Å². The van der Waals surface area contributed by atoms with E-state index in [1.165, 1.54) is 37.7 Å². The number of aliphatic hydroxyl groups excluding tert-OH is 2. The van der Waals surface area contributed by atoms with Gasteiger partial charge in [-0.2, -0.15) is 0 Å². The molecular weight excluding hydrogens is 474 g/mol. The van der Waals surface area contributed by atoms with Gasteiger partial charge in [0.25, 0.3) is 0 Å². The summed E-state index contributed by atoms with van der Waals surface area (Å²) in [6.07, 6.45) is 11.1. The van der Waals surface area contributed by atoms with Crippen LogP contribution in [0.3, 0.4) is 0 Å². The van der Waals surface area contributed by atoms with Crippen molar-refractivity contribution in [3.8, 4) is 0 Å². The number of allylic oxidation sites excluding steroid dienone is 1. The van der Waals surface area contributed by atoms with Gasteiger partial charge in [-0.05, 0) is 122 Å². The van der Waals surface area contributed by atoms with E-state index in [-0.39, 0.29) is 46.3 Å². The first kappa shape index (κ1) is 28.5.